The maximum Gasteiger partial charge on any atom is 0.130 e. The highest BCUT2D eigenvalue weighted by Gasteiger charge is 1.99. The average molecular weight is 164 g/mol. The fraction of sp³-hybridized carbons (Fsp3) is 0.200. The van der Waals surface area contributed by atoms with E-state index in [1.165, 1.54) is 0 Å². The van der Waals surface area contributed by atoms with Crippen LogP contribution in [0.3, 0.4) is 0 Å². The van der Waals surface area contributed by atoms with E-state index < -0.39 is 0 Å². The van der Waals surface area contributed by atoms with E-state index in [9.17, 15) is 0 Å². The second-order valence-corrected chi connectivity index (χ2v) is 2.36. The van der Waals surface area contributed by atoms with Crippen LogP contribution in [0.2, 0.25) is 0 Å². The molecule has 2 heteroatoms. The zero-order valence-corrected chi connectivity index (χ0v) is 7.08. The Morgan fingerprint density at radius 1 is 1.58 bits per heavy atom. The van der Waals surface area contributed by atoms with Crippen molar-refractivity contribution in [2.45, 2.75) is 6.92 Å². The summed E-state index contributed by atoms with van der Waals surface area (Å²) in [6, 6.07) is 4.97. The van der Waals surface area contributed by atoms with Gasteiger partial charge < -0.3 is 9.84 Å². The second-order valence-electron chi connectivity index (χ2n) is 2.36. The van der Waals surface area contributed by atoms with Crippen LogP contribution in [0, 0.1) is 0 Å². The van der Waals surface area contributed by atoms with Crippen LogP contribution in [0.25, 0.3) is 6.08 Å². The zero-order valence-electron chi connectivity index (χ0n) is 7.08. The first-order valence-electron chi connectivity index (χ1n) is 3.86. The molecule has 1 N–H and O–H groups in total. The van der Waals surface area contributed by atoms with Gasteiger partial charge in [0.25, 0.3) is 0 Å². The van der Waals surface area contributed by atoms with E-state index in [2.05, 4.69) is 6.58 Å². The van der Waals surface area contributed by atoms with E-state index in [0.29, 0.717) is 12.4 Å². The molecule has 0 bridgehead atoms. The van der Waals surface area contributed by atoms with Gasteiger partial charge in [-0.1, -0.05) is 12.7 Å². The first-order valence-corrected chi connectivity index (χ1v) is 3.86. The predicted octanol–water partition coefficient (Wildman–Crippen LogP) is 2.43. The number of rotatable bonds is 3. The molecule has 1 rings (SSSR count). The minimum atomic E-state index is 0.212. The molecule has 1 aromatic carbocycles. The van der Waals surface area contributed by atoms with E-state index in [1.54, 1.807) is 24.3 Å². The van der Waals surface area contributed by atoms with Gasteiger partial charge in [-0.25, -0.2) is 0 Å². The molecule has 0 atom stereocenters. The minimum Gasteiger partial charge on any atom is -0.508 e. The number of phenolic OH excluding ortho intramolecular Hbond substituents is 1. The van der Waals surface area contributed by atoms with Crippen LogP contribution in [0.5, 0.6) is 11.5 Å². The molecule has 0 radical (unpaired) electrons. The van der Waals surface area contributed by atoms with Crippen LogP contribution < -0.4 is 4.74 Å². The van der Waals surface area contributed by atoms with E-state index >= 15 is 0 Å². The van der Waals surface area contributed by atoms with Gasteiger partial charge in [-0.15, -0.1) is 0 Å². The summed E-state index contributed by atoms with van der Waals surface area (Å²) in [5.74, 6) is 0.886. The molecule has 0 heterocycles. The highest BCUT2D eigenvalue weighted by Crippen LogP contribution is 2.24. The minimum absolute atomic E-state index is 0.212. The Morgan fingerprint density at radius 2 is 2.33 bits per heavy atom. The maximum absolute atomic E-state index is 9.15. The van der Waals surface area contributed by atoms with Gasteiger partial charge in [0.05, 0.1) is 6.61 Å². The molecular weight excluding hydrogens is 152 g/mol. The van der Waals surface area contributed by atoms with Gasteiger partial charge in [-0.05, 0) is 19.1 Å². The molecule has 0 aliphatic carbocycles. The van der Waals surface area contributed by atoms with Gasteiger partial charge in [0.15, 0.2) is 0 Å². The fourth-order valence-corrected chi connectivity index (χ4v) is 0.972. The molecule has 0 saturated carbocycles. The molecule has 0 unspecified atom stereocenters. The maximum atomic E-state index is 9.15. The summed E-state index contributed by atoms with van der Waals surface area (Å²) in [6.45, 7) is 6.13. The topological polar surface area (TPSA) is 29.5 Å². The predicted molar refractivity (Wildman–Crippen MR) is 49.4 cm³/mol. The number of aromatic hydroxyl groups is 1. The first-order chi connectivity index (χ1) is 5.77. The SMILES string of the molecule is C=Cc1ccc(O)cc1OCC. The summed E-state index contributed by atoms with van der Waals surface area (Å²) < 4.78 is 5.28. The molecule has 1 aromatic rings. The Kier molecular flexibility index (Phi) is 2.75. The van der Waals surface area contributed by atoms with Crippen LogP contribution in [0.4, 0.5) is 0 Å². The number of ether oxygens (including phenoxy) is 1. The third kappa shape index (κ3) is 1.78. The summed E-state index contributed by atoms with van der Waals surface area (Å²) in [7, 11) is 0. The van der Waals surface area contributed by atoms with E-state index in [0.717, 1.165) is 5.56 Å². The second kappa shape index (κ2) is 3.81. The van der Waals surface area contributed by atoms with Gasteiger partial charge in [0.1, 0.15) is 11.5 Å². The number of hydrogen-bond donors (Lipinski definition) is 1. The lowest BCUT2D eigenvalue weighted by Gasteiger charge is -2.06. The molecule has 64 valence electrons. The Bertz CT molecular complexity index is 279. The Hall–Kier alpha value is -1.44. The Morgan fingerprint density at radius 3 is 2.92 bits per heavy atom. The molecule has 0 amide bonds. The van der Waals surface area contributed by atoms with E-state index in [4.69, 9.17) is 9.84 Å². The largest absolute Gasteiger partial charge is 0.508 e. The van der Waals surface area contributed by atoms with Crippen molar-refractivity contribution in [2.75, 3.05) is 6.61 Å². The van der Waals surface area contributed by atoms with Gasteiger partial charge in [-0.3, -0.25) is 0 Å². The lowest BCUT2D eigenvalue weighted by atomic mass is 10.2. The molecule has 0 spiro atoms. The van der Waals surface area contributed by atoms with Crippen molar-refractivity contribution in [3.63, 3.8) is 0 Å². The highest BCUT2D eigenvalue weighted by atomic mass is 16.5. The smallest absolute Gasteiger partial charge is 0.130 e. The van der Waals surface area contributed by atoms with Crippen molar-refractivity contribution in [3.05, 3.63) is 30.3 Å². The molecule has 12 heavy (non-hydrogen) atoms. The highest BCUT2D eigenvalue weighted by molar-refractivity contribution is 5.57. The zero-order chi connectivity index (χ0) is 8.97. The summed E-state index contributed by atoms with van der Waals surface area (Å²) in [4.78, 5) is 0. The molecule has 0 aromatic heterocycles. The Labute approximate surface area is 72.1 Å². The van der Waals surface area contributed by atoms with Crippen LogP contribution >= 0.6 is 0 Å². The monoisotopic (exact) mass is 164 g/mol. The lowest BCUT2D eigenvalue weighted by molar-refractivity contribution is 0.337. The quantitative estimate of drug-likeness (QED) is 0.743. The van der Waals surface area contributed by atoms with Gasteiger partial charge in [0.2, 0.25) is 0 Å². The van der Waals surface area contributed by atoms with Crippen LogP contribution in [0.1, 0.15) is 12.5 Å². The van der Waals surface area contributed by atoms with Crippen molar-refractivity contribution in [1.82, 2.24) is 0 Å². The van der Waals surface area contributed by atoms with Crippen molar-refractivity contribution < 1.29 is 9.84 Å². The summed E-state index contributed by atoms with van der Waals surface area (Å²) in [6.07, 6.45) is 1.70. The first kappa shape index (κ1) is 8.65. The molecular formula is C10H12O2. The number of phenols is 1. The van der Waals surface area contributed by atoms with Crippen LogP contribution in [0.15, 0.2) is 24.8 Å². The molecule has 0 aliphatic rings. The molecule has 0 aliphatic heterocycles. The summed E-state index contributed by atoms with van der Waals surface area (Å²) >= 11 is 0. The van der Waals surface area contributed by atoms with Crippen molar-refractivity contribution in [2.24, 2.45) is 0 Å². The fourth-order valence-electron chi connectivity index (χ4n) is 0.972. The third-order valence-electron chi connectivity index (χ3n) is 1.52. The molecule has 2 nitrogen and oxygen atoms in total. The van der Waals surface area contributed by atoms with Gasteiger partial charge >= 0.3 is 0 Å². The molecule has 0 fully saturated rings. The number of benzene rings is 1. The normalized spacial score (nSPS) is 9.42. The molecule has 0 saturated heterocycles. The average Bonchev–Trinajstić information content (AvgIpc) is 2.05. The number of hydrogen-bond acceptors (Lipinski definition) is 2. The Balaban J connectivity index is 3.03. The summed E-state index contributed by atoms with van der Waals surface area (Å²) in [5.41, 5.74) is 0.898. The summed E-state index contributed by atoms with van der Waals surface area (Å²) in [5, 5.41) is 9.15. The van der Waals surface area contributed by atoms with E-state index in [-0.39, 0.29) is 5.75 Å². The van der Waals surface area contributed by atoms with Crippen molar-refractivity contribution in [1.29, 1.82) is 0 Å². The third-order valence-corrected chi connectivity index (χ3v) is 1.52. The lowest BCUT2D eigenvalue weighted by Crippen LogP contribution is -1.93. The van der Waals surface area contributed by atoms with E-state index in [1.807, 2.05) is 6.92 Å². The van der Waals surface area contributed by atoms with Crippen LogP contribution in [-0.2, 0) is 0 Å². The van der Waals surface area contributed by atoms with Crippen molar-refractivity contribution >= 4 is 6.08 Å². The van der Waals surface area contributed by atoms with Gasteiger partial charge in [-0.2, -0.15) is 0 Å². The standard InChI is InChI=1S/C10H12O2/c1-3-8-5-6-9(11)7-10(8)12-4-2/h3,5-7,11H,1,4H2,2H3. The van der Waals surface area contributed by atoms with Crippen molar-refractivity contribution in [3.8, 4) is 11.5 Å². The van der Waals surface area contributed by atoms with Gasteiger partial charge in [0, 0.05) is 11.6 Å². The van der Waals surface area contributed by atoms with Crippen LogP contribution in [-0.4, -0.2) is 11.7 Å².